The van der Waals surface area contributed by atoms with Crippen LogP contribution in [-0.4, -0.2) is 46.1 Å². The molecule has 1 N–H and O–H groups in total. The van der Waals surface area contributed by atoms with Gasteiger partial charge in [-0.2, -0.15) is 39.5 Å². The smallest absolute Gasteiger partial charge is 0.416 e. The minimum Gasteiger partial charge on any atom is -0.481 e. The third kappa shape index (κ3) is 8.26. The molecule has 254 valence electrons. The van der Waals surface area contributed by atoms with Crippen molar-refractivity contribution < 1.29 is 58.9 Å². The maximum Gasteiger partial charge on any atom is 0.416 e. The van der Waals surface area contributed by atoms with Crippen LogP contribution < -0.4 is 0 Å². The number of rotatable bonds is 9. The largest absolute Gasteiger partial charge is 0.481 e. The van der Waals surface area contributed by atoms with Crippen LogP contribution in [0.4, 0.5) is 44.3 Å². The van der Waals surface area contributed by atoms with Gasteiger partial charge in [0.15, 0.2) is 0 Å². The zero-order valence-electron chi connectivity index (χ0n) is 24.9. The molecule has 1 heterocycles. The second-order valence-corrected chi connectivity index (χ2v) is 11.9. The summed E-state index contributed by atoms with van der Waals surface area (Å²) in [4.78, 5) is 27.2. The minimum atomic E-state index is -5.13. The van der Waals surface area contributed by atoms with Crippen molar-refractivity contribution in [1.29, 1.82) is 0 Å². The number of carbonyl (C=O) groups excluding carboxylic acids is 1. The predicted molar refractivity (Wildman–Crippen MR) is 146 cm³/mol. The van der Waals surface area contributed by atoms with Crippen LogP contribution >= 0.6 is 0 Å². The van der Waals surface area contributed by atoms with Gasteiger partial charge in [-0.15, -0.1) is 0 Å². The quantitative estimate of drug-likeness (QED) is 0.272. The topological polar surface area (TPSA) is 70.1 Å². The van der Waals surface area contributed by atoms with Gasteiger partial charge in [-0.05, 0) is 92.1 Å². The van der Waals surface area contributed by atoms with Gasteiger partial charge in [0, 0.05) is 19.6 Å². The third-order valence-corrected chi connectivity index (χ3v) is 8.76. The summed E-state index contributed by atoms with van der Waals surface area (Å²) in [5.41, 5.74) is -4.19. The monoisotopic (exact) mass is 668 g/mol. The van der Waals surface area contributed by atoms with Gasteiger partial charge in [0.1, 0.15) is 6.10 Å². The van der Waals surface area contributed by atoms with Crippen molar-refractivity contribution >= 4 is 12.1 Å². The van der Waals surface area contributed by atoms with Crippen LogP contribution in [0.25, 0.3) is 0 Å². The molecule has 2 fully saturated rings. The van der Waals surface area contributed by atoms with Crippen LogP contribution in [0, 0.1) is 11.8 Å². The van der Waals surface area contributed by atoms with Gasteiger partial charge in [0.2, 0.25) is 0 Å². The number of aliphatic carboxylic acids is 1. The summed E-state index contributed by atoms with van der Waals surface area (Å²) in [6.07, 6.45) is -15.2. The Kier molecular flexibility index (Phi) is 10.2. The molecule has 2 aromatic carbocycles. The van der Waals surface area contributed by atoms with Crippen LogP contribution in [0.3, 0.4) is 0 Å². The zero-order valence-corrected chi connectivity index (χ0v) is 24.9. The van der Waals surface area contributed by atoms with Gasteiger partial charge in [0.05, 0.1) is 28.7 Å². The van der Waals surface area contributed by atoms with E-state index in [9.17, 15) is 54.2 Å². The molecule has 0 aromatic heterocycles. The molecular formula is C31H33F9N2O4. The number of hydrogen-bond acceptors (Lipinski definition) is 4. The van der Waals surface area contributed by atoms with Crippen molar-refractivity contribution in [1.82, 2.24) is 9.80 Å². The van der Waals surface area contributed by atoms with E-state index >= 15 is 0 Å². The van der Waals surface area contributed by atoms with Crippen LogP contribution in [0.1, 0.15) is 79.0 Å². The Hall–Kier alpha value is -3.49. The molecule has 2 aromatic rings. The van der Waals surface area contributed by atoms with E-state index < -0.39 is 77.5 Å². The lowest BCUT2D eigenvalue weighted by molar-refractivity contribution is -0.144. The molecular weight excluding hydrogens is 635 g/mol. The fourth-order valence-corrected chi connectivity index (χ4v) is 6.09. The Morgan fingerprint density at radius 1 is 0.870 bits per heavy atom. The molecule has 1 aliphatic carbocycles. The molecule has 1 saturated carbocycles. The lowest BCUT2D eigenvalue weighted by Crippen LogP contribution is -2.34. The van der Waals surface area contributed by atoms with Crippen molar-refractivity contribution in [3.8, 4) is 0 Å². The number of amides is 1. The fourth-order valence-electron chi connectivity index (χ4n) is 6.09. The Bertz CT molecular complexity index is 1380. The number of halogens is 9. The highest BCUT2D eigenvalue weighted by Gasteiger charge is 2.44. The molecule has 1 aliphatic heterocycles. The Morgan fingerprint density at radius 2 is 1.43 bits per heavy atom. The van der Waals surface area contributed by atoms with Crippen molar-refractivity contribution in [3.63, 3.8) is 0 Å². The second-order valence-electron chi connectivity index (χ2n) is 11.9. The van der Waals surface area contributed by atoms with Gasteiger partial charge in [-0.3, -0.25) is 14.6 Å². The Balaban J connectivity index is 1.60. The predicted octanol–water partition coefficient (Wildman–Crippen LogP) is 8.54. The fraction of sp³-hybridized carbons (Fsp3) is 0.548. The van der Waals surface area contributed by atoms with Crippen LogP contribution in [0.5, 0.6) is 0 Å². The number of benzene rings is 2. The van der Waals surface area contributed by atoms with Gasteiger partial charge in [0.25, 0.3) is 0 Å². The van der Waals surface area contributed by atoms with E-state index in [0.717, 1.165) is 17.0 Å². The first-order chi connectivity index (χ1) is 21.3. The van der Waals surface area contributed by atoms with E-state index in [2.05, 4.69) is 0 Å². The molecule has 2 aliphatic rings. The lowest BCUT2D eigenvalue weighted by Gasteiger charge is -2.32. The maximum atomic E-state index is 13.7. The molecule has 0 radical (unpaired) electrons. The normalized spacial score (nSPS) is 22.8. The average molecular weight is 669 g/mol. The van der Waals surface area contributed by atoms with Gasteiger partial charge in [-0.1, -0.05) is 13.0 Å². The molecule has 46 heavy (non-hydrogen) atoms. The van der Waals surface area contributed by atoms with Crippen molar-refractivity contribution in [3.05, 3.63) is 69.8 Å². The van der Waals surface area contributed by atoms with Crippen LogP contribution in [0.2, 0.25) is 0 Å². The summed E-state index contributed by atoms with van der Waals surface area (Å²) >= 11 is 0. The summed E-state index contributed by atoms with van der Waals surface area (Å²) in [6.45, 7) is 4.02. The third-order valence-electron chi connectivity index (χ3n) is 8.76. The summed E-state index contributed by atoms with van der Waals surface area (Å²) in [5, 5.41) is 9.26. The minimum absolute atomic E-state index is 0.0467. The second kappa shape index (κ2) is 13.3. The first-order valence-electron chi connectivity index (χ1n) is 14.7. The summed E-state index contributed by atoms with van der Waals surface area (Å²) < 4.78 is 127. The average Bonchev–Trinajstić information content (AvgIpc) is 3.24. The van der Waals surface area contributed by atoms with Crippen molar-refractivity contribution in [2.24, 2.45) is 11.8 Å². The highest BCUT2D eigenvalue weighted by Crippen LogP contribution is 2.41. The maximum absolute atomic E-state index is 13.7. The Labute approximate surface area is 259 Å². The number of carboxylic acids is 1. The molecule has 15 heteroatoms. The van der Waals surface area contributed by atoms with Crippen molar-refractivity contribution in [2.45, 2.75) is 83.3 Å². The van der Waals surface area contributed by atoms with E-state index in [1.54, 1.807) is 0 Å². The molecule has 1 saturated heterocycles. The number of cyclic esters (lactones) is 1. The highest BCUT2D eigenvalue weighted by atomic mass is 19.4. The SMILES string of the molecule is CCN(Cc1ccc(C(F)(F)F)cc1CN1C(=O)O[C@H](c2cc(C(F)(F)F)cc(C(F)(F)F)c2)[C@@H]1C)C[C@H]1CC[C@H](C(=O)O)CC1. The summed E-state index contributed by atoms with van der Waals surface area (Å²) in [5.74, 6) is -1.07. The molecule has 0 bridgehead atoms. The molecule has 2 atom stereocenters. The number of alkyl halides is 9. The van der Waals surface area contributed by atoms with E-state index in [0.29, 0.717) is 56.5 Å². The molecule has 0 spiro atoms. The van der Waals surface area contributed by atoms with Crippen molar-refractivity contribution in [2.75, 3.05) is 13.1 Å². The van der Waals surface area contributed by atoms with E-state index in [-0.39, 0.29) is 24.1 Å². The van der Waals surface area contributed by atoms with E-state index in [1.807, 2.05) is 11.8 Å². The summed E-state index contributed by atoms with van der Waals surface area (Å²) in [7, 11) is 0. The molecule has 6 nitrogen and oxygen atoms in total. The Morgan fingerprint density at radius 3 is 1.93 bits per heavy atom. The van der Waals surface area contributed by atoms with Gasteiger partial charge < -0.3 is 9.84 Å². The van der Waals surface area contributed by atoms with E-state index in [1.165, 1.54) is 13.0 Å². The first-order valence-corrected chi connectivity index (χ1v) is 14.7. The zero-order chi connectivity index (χ0) is 34.2. The van der Waals surface area contributed by atoms with Gasteiger partial charge in [-0.25, -0.2) is 4.79 Å². The van der Waals surface area contributed by atoms with Crippen LogP contribution in [-0.2, 0) is 41.1 Å². The highest BCUT2D eigenvalue weighted by molar-refractivity contribution is 5.71. The molecule has 0 unspecified atom stereocenters. The number of hydrogen-bond donors (Lipinski definition) is 1. The number of nitrogens with zero attached hydrogens (tertiary/aromatic N) is 2. The van der Waals surface area contributed by atoms with E-state index in [4.69, 9.17) is 4.74 Å². The van der Waals surface area contributed by atoms with Gasteiger partial charge >= 0.3 is 30.6 Å². The molecule has 1 amide bonds. The lowest BCUT2D eigenvalue weighted by atomic mass is 9.82. The first kappa shape index (κ1) is 35.4. The standard InChI is InChI=1S/C31H33F9N2O4/c1-3-41(14-18-4-6-19(7-5-18)27(43)44)15-20-8-9-23(29(32,33)34)12-22(20)16-42-17(2)26(46-28(42)45)21-10-24(30(35,36)37)13-25(11-21)31(38,39)40/h8-13,17-19,26H,3-7,14-16H2,1-2H3,(H,43,44)/t17-,18-,19-,26-/m0/s1. The molecule has 4 rings (SSSR count). The number of ether oxygens (including phenoxy) is 1. The summed E-state index contributed by atoms with van der Waals surface area (Å²) in [6, 6.07) is 2.81. The number of carboxylic acid groups (broad SMARTS) is 1. The van der Waals surface area contributed by atoms with Crippen LogP contribution in [0.15, 0.2) is 36.4 Å². The number of carbonyl (C=O) groups is 2.